The van der Waals surface area contributed by atoms with Crippen LogP contribution in [-0.4, -0.2) is 41.4 Å². The van der Waals surface area contributed by atoms with E-state index in [9.17, 15) is 18.4 Å². The molecule has 1 N–H and O–H groups in total. The standard InChI is InChI=1S/C19H21F2N3O3/c1-11(2)9-24-10-12(8-16(24)25)18(26)23-14-5-6-15(27-19(20)21)17-13(14)4-3-7-22-17/h3-7,11-12,19H,8-10H2,1-2H3,(H,23,26)/t12-/m1/s1. The number of rotatable bonds is 6. The average molecular weight is 377 g/mol. The van der Waals surface area contributed by atoms with E-state index in [1.165, 1.54) is 18.3 Å². The molecule has 144 valence electrons. The van der Waals surface area contributed by atoms with Gasteiger partial charge in [0.1, 0.15) is 5.52 Å². The highest BCUT2D eigenvalue weighted by Crippen LogP contribution is 2.31. The summed E-state index contributed by atoms with van der Waals surface area (Å²) in [5, 5.41) is 3.29. The van der Waals surface area contributed by atoms with Crippen LogP contribution in [0.1, 0.15) is 20.3 Å². The minimum Gasteiger partial charge on any atom is -0.432 e. The summed E-state index contributed by atoms with van der Waals surface area (Å²) >= 11 is 0. The summed E-state index contributed by atoms with van der Waals surface area (Å²) in [7, 11) is 0. The zero-order valence-corrected chi connectivity index (χ0v) is 15.1. The number of likely N-dealkylation sites (tertiary alicyclic amines) is 1. The fourth-order valence-electron chi connectivity index (χ4n) is 3.25. The maximum Gasteiger partial charge on any atom is 0.387 e. The number of fused-ring (bicyclic) bond motifs is 1. The summed E-state index contributed by atoms with van der Waals surface area (Å²) < 4.78 is 29.6. The van der Waals surface area contributed by atoms with Crippen molar-refractivity contribution in [1.29, 1.82) is 0 Å². The molecule has 27 heavy (non-hydrogen) atoms. The van der Waals surface area contributed by atoms with Crippen molar-refractivity contribution < 1.29 is 23.1 Å². The van der Waals surface area contributed by atoms with Crippen LogP contribution in [0.25, 0.3) is 10.9 Å². The number of pyridine rings is 1. The Bertz CT molecular complexity index is 857. The lowest BCUT2D eigenvalue weighted by atomic mass is 10.1. The van der Waals surface area contributed by atoms with Crippen LogP contribution in [0.15, 0.2) is 30.5 Å². The van der Waals surface area contributed by atoms with Gasteiger partial charge in [0.05, 0.1) is 11.6 Å². The minimum absolute atomic E-state index is 0.0314. The number of benzene rings is 1. The first-order valence-electron chi connectivity index (χ1n) is 8.76. The topological polar surface area (TPSA) is 71.5 Å². The van der Waals surface area contributed by atoms with E-state index in [2.05, 4.69) is 15.0 Å². The Hall–Kier alpha value is -2.77. The van der Waals surface area contributed by atoms with Crippen LogP contribution in [0.2, 0.25) is 0 Å². The van der Waals surface area contributed by atoms with Crippen molar-refractivity contribution in [1.82, 2.24) is 9.88 Å². The number of aromatic nitrogens is 1. The highest BCUT2D eigenvalue weighted by atomic mass is 19.3. The van der Waals surface area contributed by atoms with Gasteiger partial charge in [0, 0.05) is 31.1 Å². The van der Waals surface area contributed by atoms with E-state index in [0.29, 0.717) is 30.1 Å². The second kappa shape index (κ2) is 7.85. The molecular formula is C19H21F2N3O3. The van der Waals surface area contributed by atoms with Crippen molar-refractivity contribution in [3.63, 3.8) is 0 Å². The van der Waals surface area contributed by atoms with E-state index in [0.717, 1.165) is 0 Å². The third kappa shape index (κ3) is 4.32. The van der Waals surface area contributed by atoms with Crippen LogP contribution in [0.4, 0.5) is 14.5 Å². The summed E-state index contributed by atoms with van der Waals surface area (Å²) in [6, 6.07) is 6.17. The lowest BCUT2D eigenvalue weighted by molar-refractivity contribution is -0.128. The number of alkyl halides is 2. The van der Waals surface area contributed by atoms with Crippen molar-refractivity contribution in [3.05, 3.63) is 30.5 Å². The smallest absolute Gasteiger partial charge is 0.387 e. The van der Waals surface area contributed by atoms with Gasteiger partial charge in [-0.3, -0.25) is 14.6 Å². The molecule has 2 heterocycles. The first kappa shape index (κ1) is 19.0. The lowest BCUT2D eigenvalue weighted by Gasteiger charge is -2.19. The quantitative estimate of drug-likeness (QED) is 0.839. The number of hydrogen-bond donors (Lipinski definition) is 1. The summed E-state index contributed by atoms with van der Waals surface area (Å²) in [6.45, 7) is 2.07. The Morgan fingerprint density at radius 3 is 2.85 bits per heavy atom. The molecule has 0 aliphatic carbocycles. The lowest BCUT2D eigenvalue weighted by Crippen LogP contribution is -2.31. The van der Waals surface area contributed by atoms with E-state index in [1.54, 1.807) is 17.0 Å². The molecule has 1 aliphatic heterocycles. The number of amides is 2. The predicted molar refractivity (Wildman–Crippen MR) is 96.5 cm³/mol. The van der Waals surface area contributed by atoms with Crippen LogP contribution in [0.3, 0.4) is 0 Å². The number of carbonyl (C=O) groups is 2. The molecule has 1 atom stereocenters. The van der Waals surface area contributed by atoms with E-state index >= 15 is 0 Å². The second-order valence-corrected chi connectivity index (χ2v) is 6.97. The average Bonchev–Trinajstić information content (AvgIpc) is 2.97. The molecule has 1 fully saturated rings. The van der Waals surface area contributed by atoms with Crippen molar-refractivity contribution in [2.45, 2.75) is 26.9 Å². The van der Waals surface area contributed by atoms with Crippen molar-refractivity contribution >= 4 is 28.4 Å². The summed E-state index contributed by atoms with van der Waals surface area (Å²) in [4.78, 5) is 30.5. The van der Waals surface area contributed by atoms with Gasteiger partial charge < -0.3 is 15.0 Å². The van der Waals surface area contributed by atoms with E-state index < -0.39 is 12.5 Å². The first-order chi connectivity index (χ1) is 12.8. The molecule has 6 nitrogen and oxygen atoms in total. The second-order valence-electron chi connectivity index (χ2n) is 6.97. The molecular weight excluding hydrogens is 356 g/mol. The third-order valence-electron chi connectivity index (χ3n) is 4.38. The Morgan fingerprint density at radius 2 is 2.15 bits per heavy atom. The van der Waals surface area contributed by atoms with Gasteiger partial charge in [-0.05, 0) is 30.2 Å². The fraction of sp³-hybridized carbons (Fsp3) is 0.421. The largest absolute Gasteiger partial charge is 0.432 e. The van der Waals surface area contributed by atoms with E-state index in [-0.39, 0.29) is 29.5 Å². The summed E-state index contributed by atoms with van der Waals surface area (Å²) in [5.41, 5.74) is 0.680. The monoisotopic (exact) mass is 377 g/mol. The van der Waals surface area contributed by atoms with E-state index in [4.69, 9.17) is 0 Å². The van der Waals surface area contributed by atoms with Gasteiger partial charge in [-0.25, -0.2) is 0 Å². The van der Waals surface area contributed by atoms with Gasteiger partial charge >= 0.3 is 6.61 Å². The Morgan fingerprint density at radius 1 is 1.37 bits per heavy atom. The minimum atomic E-state index is -2.97. The van der Waals surface area contributed by atoms with Crippen molar-refractivity contribution in [2.24, 2.45) is 11.8 Å². The zero-order valence-electron chi connectivity index (χ0n) is 15.1. The van der Waals surface area contributed by atoms with Crippen LogP contribution in [-0.2, 0) is 9.59 Å². The van der Waals surface area contributed by atoms with Crippen molar-refractivity contribution in [3.8, 4) is 5.75 Å². The third-order valence-corrected chi connectivity index (χ3v) is 4.38. The van der Waals surface area contributed by atoms with Crippen molar-refractivity contribution in [2.75, 3.05) is 18.4 Å². The predicted octanol–water partition coefficient (Wildman–Crippen LogP) is 3.28. The normalized spacial score (nSPS) is 17.2. The molecule has 1 saturated heterocycles. The van der Waals surface area contributed by atoms with Crippen LogP contribution in [0, 0.1) is 11.8 Å². The van der Waals surface area contributed by atoms with Crippen LogP contribution >= 0.6 is 0 Å². The molecule has 0 saturated carbocycles. The summed E-state index contributed by atoms with van der Waals surface area (Å²) in [5.74, 6) is -0.482. The molecule has 0 spiro atoms. The molecule has 8 heteroatoms. The zero-order chi connectivity index (χ0) is 19.6. The molecule has 2 aromatic rings. The van der Waals surface area contributed by atoms with Gasteiger partial charge in [-0.2, -0.15) is 8.78 Å². The molecule has 1 aromatic heterocycles. The number of halogens is 2. The van der Waals surface area contributed by atoms with Gasteiger partial charge in [0.2, 0.25) is 11.8 Å². The molecule has 0 bridgehead atoms. The van der Waals surface area contributed by atoms with Crippen LogP contribution < -0.4 is 10.1 Å². The number of anilines is 1. The van der Waals surface area contributed by atoms with Gasteiger partial charge in [-0.1, -0.05) is 13.8 Å². The van der Waals surface area contributed by atoms with E-state index in [1.807, 2.05) is 13.8 Å². The highest BCUT2D eigenvalue weighted by Gasteiger charge is 2.34. The number of ether oxygens (including phenoxy) is 1. The fourth-order valence-corrected chi connectivity index (χ4v) is 3.25. The SMILES string of the molecule is CC(C)CN1C[C@H](C(=O)Nc2ccc(OC(F)F)c3ncccc23)CC1=O. The maximum atomic E-state index is 12.6. The number of nitrogens with one attached hydrogen (secondary N) is 1. The van der Waals surface area contributed by atoms with Gasteiger partial charge in [0.15, 0.2) is 5.75 Å². The number of hydrogen-bond acceptors (Lipinski definition) is 4. The van der Waals surface area contributed by atoms with Gasteiger partial charge in [0.25, 0.3) is 0 Å². The number of carbonyl (C=O) groups excluding carboxylic acids is 2. The van der Waals surface area contributed by atoms with Crippen LogP contribution in [0.5, 0.6) is 5.75 Å². The molecule has 0 radical (unpaired) electrons. The highest BCUT2D eigenvalue weighted by molar-refractivity contribution is 6.04. The molecule has 0 unspecified atom stereocenters. The Balaban J connectivity index is 1.79. The van der Waals surface area contributed by atoms with Gasteiger partial charge in [-0.15, -0.1) is 0 Å². The maximum absolute atomic E-state index is 12.6. The summed E-state index contributed by atoms with van der Waals surface area (Å²) in [6.07, 6.45) is 1.63. The number of nitrogens with zero attached hydrogens (tertiary/aromatic N) is 2. The Kier molecular flexibility index (Phi) is 5.53. The molecule has 1 aromatic carbocycles. The molecule has 1 aliphatic rings. The molecule has 2 amide bonds. The Labute approximate surface area is 155 Å². The first-order valence-corrected chi connectivity index (χ1v) is 8.76. The molecule has 3 rings (SSSR count).